The van der Waals surface area contributed by atoms with Crippen LogP contribution < -0.4 is 10.0 Å². The first kappa shape index (κ1) is 21.2. The zero-order chi connectivity index (χ0) is 21.9. The van der Waals surface area contributed by atoms with Gasteiger partial charge in [0, 0.05) is 17.8 Å². The Morgan fingerprint density at radius 2 is 1.77 bits per heavy atom. The minimum Gasteiger partial charge on any atom is -0.322 e. The number of nitrogens with one attached hydrogen (secondary N) is 2. The Morgan fingerprint density at radius 3 is 2.47 bits per heavy atom. The van der Waals surface area contributed by atoms with E-state index < -0.39 is 32.4 Å². The summed E-state index contributed by atoms with van der Waals surface area (Å²) in [4.78, 5) is 22.5. The maximum absolute atomic E-state index is 13.3. The molecule has 2 N–H and O–H groups in total. The highest BCUT2D eigenvalue weighted by Gasteiger charge is 2.21. The van der Waals surface area contributed by atoms with Crippen LogP contribution in [0.25, 0.3) is 0 Å². The molecule has 0 atom stereocenters. The number of nitro benzene ring substituents is 1. The molecule has 0 saturated carbocycles. The van der Waals surface area contributed by atoms with Crippen molar-refractivity contribution < 1.29 is 22.5 Å². The number of non-ortho nitro benzene ring substituents is 1. The standard InChI is InChI=1S/C19H13ClFN3O5S/c20-16-10-12(8-9-17(16)21)22-19(25)15-6-1-2-7-18(15)23-30(28,29)14-5-3-4-13(11-14)24(26)27/h1-11,23H,(H,22,25). The number of nitrogens with zero attached hydrogens (tertiary/aromatic N) is 1. The molecule has 3 rings (SSSR count). The quantitative estimate of drug-likeness (QED) is 0.426. The summed E-state index contributed by atoms with van der Waals surface area (Å²) >= 11 is 5.70. The molecule has 0 aromatic heterocycles. The molecule has 0 spiro atoms. The van der Waals surface area contributed by atoms with E-state index in [1.165, 1.54) is 48.5 Å². The molecule has 3 aromatic carbocycles. The van der Waals surface area contributed by atoms with Crippen molar-refractivity contribution in [2.45, 2.75) is 4.90 Å². The average Bonchev–Trinajstić information content (AvgIpc) is 2.71. The monoisotopic (exact) mass is 449 g/mol. The predicted molar refractivity (Wildman–Crippen MR) is 110 cm³/mol. The first-order valence-electron chi connectivity index (χ1n) is 8.30. The van der Waals surface area contributed by atoms with Gasteiger partial charge in [0.1, 0.15) is 5.82 Å². The van der Waals surface area contributed by atoms with Crippen LogP contribution in [0.15, 0.2) is 71.6 Å². The van der Waals surface area contributed by atoms with Crippen LogP contribution in [0.1, 0.15) is 10.4 Å². The molecule has 30 heavy (non-hydrogen) atoms. The van der Waals surface area contributed by atoms with Crippen LogP contribution in [0.2, 0.25) is 5.02 Å². The number of anilines is 2. The second-order valence-electron chi connectivity index (χ2n) is 5.99. The number of nitro groups is 1. The third-order valence-corrected chi connectivity index (χ3v) is 5.59. The normalized spacial score (nSPS) is 11.0. The van der Waals surface area contributed by atoms with E-state index in [1.807, 2.05) is 0 Å². The van der Waals surface area contributed by atoms with Crippen LogP contribution in [0.5, 0.6) is 0 Å². The van der Waals surface area contributed by atoms with E-state index in [1.54, 1.807) is 0 Å². The Hall–Kier alpha value is -3.50. The van der Waals surface area contributed by atoms with Gasteiger partial charge in [0.15, 0.2) is 0 Å². The zero-order valence-corrected chi connectivity index (χ0v) is 16.6. The van der Waals surface area contributed by atoms with E-state index in [2.05, 4.69) is 10.0 Å². The molecule has 0 radical (unpaired) electrons. The van der Waals surface area contributed by atoms with Gasteiger partial charge < -0.3 is 5.32 Å². The summed E-state index contributed by atoms with van der Waals surface area (Å²) in [6, 6.07) is 13.9. The number of hydrogen-bond acceptors (Lipinski definition) is 5. The molecule has 0 bridgehead atoms. The Bertz CT molecular complexity index is 1250. The summed E-state index contributed by atoms with van der Waals surface area (Å²) in [5.74, 6) is -1.32. The minimum atomic E-state index is -4.22. The number of halogens is 2. The van der Waals surface area contributed by atoms with Gasteiger partial charge in [-0.25, -0.2) is 12.8 Å². The SMILES string of the molecule is O=C(Nc1ccc(F)c(Cl)c1)c1ccccc1NS(=O)(=O)c1cccc([N+](=O)[O-])c1. The van der Waals surface area contributed by atoms with Crippen molar-refractivity contribution in [2.24, 2.45) is 0 Å². The molecule has 154 valence electrons. The van der Waals surface area contributed by atoms with E-state index in [-0.39, 0.29) is 26.9 Å². The molecule has 0 aliphatic rings. The summed E-state index contributed by atoms with van der Waals surface area (Å²) in [5, 5.41) is 13.2. The predicted octanol–water partition coefficient (Wildman–Crippen LogP) is 4.44. The van der Waals surface area contributed by atoms with E-state index in [4.69, 9.17) is 11.6 Å². The van der Waals surface area contributed by atoms with Crippen molar-refractivity contribution in [2.75, 3.05) is 10.0 Å². The Labute approximate surface area is 175 Å². The minimum absolute atomic E-state index is 0.0213. The van der Waals surface area contributed by atoms with E-state index in [0.717, 1.165) is 18.2 Å². The molecule has 11 heteroatoms. The molecule has 8 nitrogen and oxygen atoms in total. The van der Waals surface area contributed by atoms with Crippen LogP contribution in [0, 0.1) is 15.9 Å². The van der Waals surface area contributed by atoms with Crippen molar-refractivity contribution in [3.8, 4) is 0 Å². The molecule has 3 aromatic rings. The highest BCUT2D eigenvalue weighted by atomic mass is 35.5. The van der Waals surface area contributed by atoms with Crippen molar-refractivity contribution in [1.29, 1.82) is 0 Å². The van der Waals surface area contributed by atoms with E-state index in [0.29, 0.717) is 0 Å². The van der Waals surface area contributed by atoms with E-state index in [9.17, 15) is 27.7 Å². The highest BCUT2D eigenvalue weighted by Crippen LogP contribution is 2.24. The Morgan fingerprint density at radius 1 is 1.03 bits per heavy atom. The lowest BCUT2D eigenvalue weighted by Crippen LogP contribution is -2.18. The Balaban J connectivity index is 1.89. The third-order valence-electron chi connectivity index (χ3n) is 3.93. The fourth-order valence-electron chi connectivity index (χ4n) is 2.51. The van der Waals surface area contributed by atoms with Crippen LogP contribution >= 0.6 is 11.6 Å². The largest absolute Gasteiger partial charge is 0.322 e. The van der Waals surface area contributed by atoms with Crippen LogP contribution in [0.4, 0.5) is 21.5 Å². The fraction of sp³-hybridized carbons (Fsp3) is 0. The first-order valence-corrected chi connectivity index (χ1v) is 10.2. The number of carbonyl (C=O) groups excluding carboxylic acids is 1. The zero-order valence-electron chi connectivity index (χ0n) is 15.0. The molecule has 0 unspecified atom stereocenters. The van der Waals surface area contributed by atoms with Crippen molar-refractivity contribution >= 4 is 44.6 Å². The maximum atomic E-state index is 13.3. The van der Waals surface area contributed by atoms with Gasteiger partial charge in [0.25, 0.3) is 21.6 Å². The number of hydrogen-bond donors (Lipinski definition) is 2. The molecule has 0 fully saturated rings. The van der Waals surface area contributed by atoms with E-state index >= 15 is 0 Å². The molecule has 0 aliphatic heterocycles. The van der Waals surface area contributed by atoms with Gasteiger partial charge in [-0.3, -0.25) is 19.6 Å². The molecule has 0 heterocycles. The second kappa shape index (κ2) is 8.47. The smallest absolute Gasteiger partial charge is 0.270 e. The van der Waals surface area contributed by atoms with Crippen molar-refractivity contribution in [1.82, 2.24) is 0 Å². The highest BCUT2D eigenvalue weighted by molar-refractivity contribution is 7.92. The van der Waals surface area contributed by atoms with Gasteiger partial charge in [-0.1, -0.05) is 29.8 Å². The second-order valence-corrected chi connectivity index (χ2v) is 8.08. The molecular weight excluding hydrogens is 437 g/mol. The van der Waals surface area contributed by atoms with Crippen LogP contribution in [0.3, 0.4) is 0 Å². The van der Waals surface area contributed by atoms with Gasteiger partial charge in [0.05, 0.1) is 26.1 Å². The topological polar surface area (TPSA) is 118 Å². The number of para-hydroxylation sites is 1. The van der Waals surface area contributed by atoms with Gasteiger partial charge in [-0.05, 0) is 36.4 Å². The molecular formula is C19H13ClFN3O5S. The lowest BCUT2D eigenvalue weighted by molar-refractivity contribution is -0.385. The summed E-state index contributed by atoms with van der Waals surface area (Å²) in [6.07, 6.45) is 0. The lowest BCUT2D eigenvalue weighted by atomic mass is 10.1. The summed E-state index contributed by atoms with van der Waals surface area (Å²) < 4.78 is 40.9. The number of sulfonamides is 1. The molecule has 0 saturated heterocycles. The van der Waals surface area contributed by atoms with Gasteiger partial charge >= 0.3 is 0 Å². The number of carbonyl (C=O) groups is 1. The number of amides is 1. The van der Waals surface area contributed by atoms with Crippen molar-refractivity contribution in [3.63, 3.8) is 0 Å². The number of benzene rings is 3. The lowest BCUT2D eigenvalue weighted by Gasteiger charge is -2.13. The van der Waals surface area contributed by atoms with Gasteiger partial charge in [0.2, 0.25) is 0 Å². The first-order chi connectivity index (χ1) is 14.2. The summed E-state index contributed by atoms with van der Waals surface area (Å²) in [5.41, 5.74) is -0.249. The van der Waals surface area contributed by atoms with Crippen molar-refractivity contribution in [3.05, 3.63) is 93.2 Å². The van der Waals surface area contributed by atoms with Gasteiger partial charge in [-0.2, -0.15) is 0 Å². The molecule has 0 aliphatic carbocycles. The van der Waals surface area contributed by atoms with Gasteiger partial charge in [-0.15, -0.1) is 0 Å². The fourth-order valence-corrected chi connectivity index (χ4v) is 3.81. The Kier molecular flexibility index (Phi) is 5.99. The summed E-state index contributed by atoms with van der Waals surface area (Å²) in [7, 11) is -4.22. The molecule has 1 amide bonds. The third kappa shape index (κ3) is 4.73. The maximum Gasteiger partial charge on any atom is 0.270 e. The summed E-state index contributed by atoms with van der Waals surface area (Å²) in [6.45, 7) is 0. The number of rotatable bonds is 6. The average molecular weight is 450 g/mol. The van der Waals surface area contributed by atoms with Crippen LogP contribution in [-0.2, 0) is 10.0 Å². The van der Waals surface area contributed by atoms with Crippen LogP contribution in [-0.4, -0.2) is 19.2 Å².